The minimum atomic E-state index is -0.859. The van der Waals surface area contributed by atoms with Crippen LogP contribution in [0.15, 0.2) is 0 Å². The predicted molar refractivity (Wildman–Crippen MR) is 56.0 cm³/mol. The molecule has 5 heteroatoms. The van der Waals surface area contributed by atoms with Crippen molar-refractivity contribution in [2.24, 2.45) is 11.1 Å². The smallest absolute Gasteiger partial charge is 0.244 e. The van der Waals surface area contributed by atoms with Crippen LogP contribution in [-0.4, -0.2) is 17.0 Å². The molecule has 0 spiro atoms. The third-order valence-corrected chi connectivity index (χ3v) is 2.60. The van der Waals surface area contributed by atoms with Gasteiger partial charge in [-0.15, -0.1) is 0 Å². The van der Waals surface area contributed by atoms with Gasteiger partial charge in [-0.25, -0.2) is 5.48 Å². The summed E-state index contributed by atoms with van der Waals surface area (Å²) in [7, 11) is 0. The van der Waals surface area contributed by atoms with Crippen LogP contribution in [0.1, 0.15) is 46.0 Å². The molecular formula is C10H20N2O3. The van der Waals surface area contributed by atoms with E-state index < -0.39 is 17.2 Å². The molecule has 0 fully saturated rings. The summed E-state index contributed by atoms with van der Waals surface area (Å²) in [6.07, 6.45) is 3.41. The second-order valence-corrected chi connectivity index (χ2v) is 4.09. The van der Waals surface area contributed by atoms with Crippen LogP contribution in [0.5, 0.6) is 0 Å². The molecule has 0 aromatic heterocycles. The molecule has 0 aromatic carbocycles. The van der Waals surface area contributed by atoms with Crippen LogP contribution in [0.3, 0.4) is 0 Å². The van der Waals surface area contributed by atoms with Gasteiger partial charge in [-0.3, -0.25) is 14.8 Å². The van der Waals surface area contributed by atoms with Gasteiger partial charge in [0.15, 0.2) is 0 Å². The molecule has 5 nitrogen and oxygen atoms in total. The third-order valence-electron chi connectivity index (χ3n) is 2.60. The van der Waals surface area contributed by atoms with Crippen molar-refractivity contribution in [3.8, 4) is 0 Å². The maximum atomic E-state index is 11.2. The first-order chi connectivity index (χ1) is 6.96. The SMILES string of the molecule is CCCCCC(C)(CC(=O)NO)C(N)=O. The summed E-state index contributed by atoms with van der Waals surface area (Å²) >= 11 is 0. The Labute approximate surface area is 90.0 Å². The van der Waals surface area contributed by atoms with Gasteiger partial charge in [0.2, 0.25) is 11.8 Å². The van der Waals surface area contributed by atoms with Crippen LogP contribution in [0.25, 0.3) is 0 Å². The van der Waals surface area contributed by atoms with E-state index in [0.29, 0.717) is 6.42 Å². The van der Waals surface area contributed by atoms with E-state index in [2.05, 4.69) is 6.92 Å². The highest BCUT2D eigenvalue weighted by molar-refractivity contribution is 5.87. The Morgan fingerprint density at radius 1 is 1.40 bits per heavy atom. The summed E-state index contributed by atoms with van der Waals surface area (Å²) in [6.45, 7) is 3.71. The van der Waals surface area contributed by atoms with Crippen LogP contribution in [0.4, 0.5) is 0 Å². The number of hydrogen-bond donors (Lipinski definition) is 3. The molecule has 0 aromatic rings. The number of carbonyl (C=O) groups is 2. The Kier molecular flexibility index (Phi) is 5.93. The van der Waals surface area contributed by atoms with Crippen LogP contribution in [0, 0.1) is 5.41 Å². The quantitative estimate of drug-likeness (QED) is 0.336. The van der Waals surface area contributed by atoms with Crippen LogP contribution in [0.2, 0.25) is 0 Å². The summed E-state index contributed by atoms with van der Waals surface area (Å²) < 4.78 is 0. The van der Waals surface area contributed by atoms with Crippen LogP contribution in [-0.2, 0) is 9.59 Å². The number of primary amides is 1. The number of hydroxylamine groups is 1. The van der Waals surface area contributed by atoms with Gasteiger partial charge in [-0.1, -0.05) is 33.1 Å². The van der Waals surface area contributed by atoms with Gasteiger partial charge < -0.3 is 5.73 Å². The van der Waals surface area contributed by atoms with Gasteiger partial charge in [0.1, 0.15) is 0 Å². The molecule has 0 aliphatic heterocycles. The molecule has 0 heterocycles. The summed E-state index contributed by atoms with van der Waals surface area (Å²) in [5, 5.41) is 8.40. The molecule has 0 aliphatic rings. The molecule has 0 rings (SSSR count). The molecule has 15 heavy (non-hydrogen) atoms. The number of rotatable bonds is 7. The fourth-order valence-electron chi connectivity index (χ4n) is 1.46. The zero-order valence-electron chi connectivity index (χ0n) is 9.38. The van der Waals surface area contributed by atoms with Crippen molar-refractivity contribution in [3.05, 3.63) is 0 Å². The fraction of sp³-hybridized carbons (Fsp3) is 0.800. The maximum absolute atomic E-state index is 11.2. The first-order valence-electron chi connectivity index (χ1n) is 5.19. The summed E-state index contributed by atoms with van der Waals surface area (Å²) in [6, 6.07) is 0. The lowest BCUT2D eigenvalue weighted by Gasteiger charge is -2.24. The second kappa shape index (κ2) is 6.40. The molecular weight excluding hydrogens is 196 g/mol. The van der Waals surface area contributed by atoms with Crippen molar-refractivity contribution in [1.29, 1.82) is 0 Å². The zero-order valence-corrected chi connectivity index (χ0v) is 9.38. The average molecular weight is 216 g/mol. The van der Waals surface area contributed by atoms with Gasteiger partial charge >= 0.3 is 0 Å². The van der Waals surface area contributed by atoms with Gasteiger partial charge in [0, 0.05) is 6.42 Å². The summed E-state index contributed by atoms with van der Waals surface area (Å²) in [4.78, 5) is 22.2. The average Bonchev–Trinajstić information content (AvgIpc) is 2.17. The lowest BCUT2D eigenvalue weighted by atomic mass is 9.80. The molecule has 1 atom stereocenters. The van der Waals surface area contributed by atoms with Crippen molar-refractivity contribution in [2.45, 2.75) is 46.0 Å². The van der Waals surface area contributed by atoms with E-state index in [9.17, 15) is 9.59 Å². The lowest BCUT2D eigenvalue weighted by molar-refractivity contribution is -0.138. The first kappa shape index (κ1) is 13.9. The fourth-order valence-corrected chi connectivity index (χ4v) is 1.46. The Bertz CT molecular complexity index is 231. The predicted octanol–water partition coefficient (Wildman–Crippen LogP) is 0.954. The molecule has 1 unspecified atom stereocenters. The van der Waals surface area contributed by atoms with E-state index in [-0.39, 0.29) is 6.42 Å². The number of amides is 2. The number of nitrogens with two attached hydrogens (primary N) is 1. The summed E-state index contributed by atoms with van der Waals surface area (Å²) in [5.41, 5.74) is 5.92. The maximum Gasteiger partial charge on any atom is 0.244 e. The molecule has 0 bridgehead atoms. The highest BCUT2D eigenvalue weighted by Gasteiger charge is 2.32. The van der Waals surface area contributed by atoms with Gasteiger partial charge in [-0.2, -0.15) is 0 Å². The second-order valence-electron chi connectivity index (χ2n) is 4.09. The van der Waals surface area contributed by atoms with Crippen molar-refractivity contribution in [1.82, 2.24) is 5.48 Å². The monoisotopic (exact) mass is 216 g/mol. The minimum absolute atomic E-state index is 0.0669. The minimum Gasteiger partial charge on any atom is -0.369 e. The van der Waals surface area contributed by atoms with E-state index in [1.165, 1.54) is 5.48 Å². The first-order valence-corrected chi connectivity index (χ1v) is 5.19. The molecule has 0 saturated carbocycles. The normalized spacial score (nSPS) is 14.3. The van der Waals surface area contributed by atoms with E-state index in [0.717, 1.165) is 19.3 Å². The largest absolute Gasteiger partial charge is 0.369 e. The topological polar surface area (TPSA) is 92.4 Å². The highest BCUT2D eigenvalue weighted by Crippen LogP contribution is 2.28. The molecule has 88 valence electrons. The number of unbranched alkanes of at least 4 members (excludes halogenated alkanes) is 2. The lowest BCUT2D eigenvalue weighted by Crippen LogP contribution is -2.38. The molecule has 0 radical (unpaired) electrons. The highest BCUT2D eigenvalue weighted by atomic mass is 16.5. The molecule has 0 aliphatic carbocycles. The molecule has 4 N–H and O–H groups in total. The Balaban J connectivity index is 4.32. The van der Waals surface area contributed by atoms with Gasteiger partial charge in [-0.05, 0) is 6.42 Å². The molecule has 2 amide bonds. The Morgan fingerprint density at radius 2 is 2.00 bits per heavy atom. The Hall–Kier alpha value is -1.10. The van der Waals surface area contributed by atoms with E-state index in [1.807, 2.05) is 0 Å². The Morgan fingerprint density at radius 3 is 2.40 bits per heavy atom. The van der Waals surface area contributed by atoms with E-state index >= 15 is 0 Å². The van der Waals surface area contributed by atoms with E-state index in [1.54, 1.807) is 6.92 Å². The van der Waals surface area contributed by atoms with E-state index in [4.69, 9.17) is 10.9 Å². The summed E-state index contributed by atoms with van der Waals surface area (Å²) in [5.74, 6) is -1.07. The van der Waals surface area contributed by atoms with Gasteiger partial charge in [0.25, 0.3) is 0 Å². The number of hydrogen-bond acceptors (Lipinski definition) is 3. The van der Waals surface area contributed by atoms with Crippen molar-refractivity contribution < 1.29 is 14.8 Å². The standard InChI is InChI=1S/C10H20N2O3/c1-3-4-5-6-10(2,9(11)14)7-8(13)12-15/h15H,3-7H2,1-2H3,(H2,11,14)(H,12,13). The number of nitrogens with one attached hydrogen (secondary N) is 1. The van der Waals surface area contributed by atoms with Crippen LogP contribution >= 0.6 is 0 Å². The third kappa shape index (κ3) is 4.78. The molecule has 0 saturated heterocycles. The van der Waals surface area contributed by atoms with Gasteiger partial charge in [0.05, 0.1) is 5.41 Å². The van der Waals surface area contributed by atoms with Crippen molar-refractivity contribution in [2.75, 3.05) is 0 Å². The van der Waals surface area contributed by atoms with Crippen LogP contribution < -0.4 is 11.2 Å². The van der Waals surface area contributed by atoms with Crippen molar-refractivity contribution >= 4 is 11.8 Å². The number of carbonyl (C=O) groups excluding carboxylic acids is 2. The van der Waals surface area contributed by atoms with Crippen molar-refractivity contribution in [3.63, 3.8) is 0 Å². The zero-order chi connectivity index (χ0) is 11.9.